The van der Waals surface area contributed by atoms with E-state index in [-0.39, 0.29) is 0 Å². The third kappa shape index (κ3) is 10.7. The zero-order valence-corrected chi connectivity index (χ0v) is 32.3. The first-order valence-corrected chi connectivity index (χ1v) is 18.8. The van der Waals surface area contributed by atoms with Gasteiger partial charge in [-0.15, -0.1) is 6.58 Å². The monoisotopic (exact) mass is 726 g/mol. The van der Waals surface area contributed by atoms with Crippen LogP contribution in [0.4, 0.5) is 34.1 Å². The van der Waals surface area contributed by atoms with Gasteiger partial charge in [-0.3, -0.25) is 0 Å². The lowest BCUT2D eigenvalue weighted by Gasteiger charge is -2.26. The van der Waals surface area contributed by atoms with Crippen molar-refractivity contribution in [3.05, 3.63) is 243 Å². The molecular weight excluding hydrogens is 677 g/mol. The Morgan fingerprint density at radius 2 is 0.500 bits per heavy atom. The third-order valence-electron chi connectivity index (χ3n) is 9.09. The van der Waals surface area contributed by atoms with Gasteiger partial charge in [0.25, 0.3) is 0 Å². The van der Waals surface area contributed by atoms with Crippen molar-refractivity contribution in [1.29, 1.82) is 0 Å². The lowest BCUT2D eigenvalue weighted by atomic mass is 10.0. The molecule has 0 radical (unpaired) electrons. The number of anilines is 6. The van der Waals surface area contributed by atoms with Gasteiger partial charge >= 0.3 is 0 Å². The lowest BCUT2D eigenvalue weighted by Crippen LogP contribution is -2.10. The third-order valence-corrected chi connectivity index (χ3v) is 9.09. The smallest absolute Gasteiger partial charge is 0.0462 e. The van der Waals surface area contributed by atoms with Crippen molar-refractivity contribution in [2.45, 2.75) is 13.3 Å². The molecule has 2 heteroatoms. The van der Waals surface area contributed by atoms with E-state index in [0.29, 0.717) is 0 Å². The molecule has 0 aromatic heterocycles. The van der Waals surface area contributed by atoms with E-state index in [2.05, 4.69) is 195 Å². The second kappa shape index (κ2) is 20.9. The van der Waals surface area contributed by atoms with Crippen molar-refractivity contribution in [2.75, 3.05) is 9.80 Å². The molecule has 0 saturated carbocycles. The summed E-state index contributed by atoms with van der Waals surface area (Å²) in [7, 11) is 0. The van der Waals surface area contributed by atoms with Crippen LogP contribution in [0.15, 0.2) is 221 Å². The summed E-state index contributed by atoms with van der Waals surface area (Å²) in [6, 6.07) is 63.3. The summed E-state index contributed by atoms with van der Waals surface area (Å²) in [5, 5.41) is 0. The van der Waals surface area contributed by atoms with Crippen LogP contribution in [0.3, 0.4) is 0 Å². The molecule has 7 aromatic carbocycles. The Labute approximate surface area is 334 Å². The SMILES string of the molecule is C=CCC.C=Cc1ccc(N(c2ccc(C=C)cc2)c2ccc(-c3ccc(N(c4ccc(C=C)cc4)c4ccc(C=C)cc4)cc3)cc2)cc1.c1ccccc1. The van der Waals surface area contributed by atoms with Crippen molar-refractivity contribution >= 4 is 58.4 Å². The maximum absolute atomic E-state index is 3.91. The average Bonchev–Trinajstić information content (AvgIpc) is 3.29. The van der Waals surface area contributed by atoms with E-state index >= 15 is 0 Å². The number of hydrogen-bond donors (Lipinski definition) is 0. The van der Waals surface area contributed by atoms with E-state index in [4.69, 9.17) is 0 Å². The molecule has 0 aliphatic carbocycles. The van der Waals surface area contributed by atoms with Gasteiger partial charge in [0.15, 0.2) is 0 Å². The molecule has 0 N–H and O–H groups in total. The minimum absolute atomic E-state index is 1.08. The first kappa shape index (κ1) is 40.0. The molecular formula is C54H50N2. The summed E-state index contributed by atoms with van der Waals surface area (Å²) in [4.78, 5) is 4.53. The van der Waals surface area contributed by atoms with Gasteiger partial charge < -0.3 is 9.80 Å². The standard InChI is InChI=1S/C44H36N2.C6H6.C4H8/c1-5-33-9-21-39(22-10-33)45(40-23-11-34(6-2)12-24-40)43-29-17-37(18-30-43)38-19-31-44(32-20-38)46(41-25-13-35(7-3)14-26-41)42-27-15-36(8-4)16-28-42;1-2-4-6-5-3-1;1-3-4-2/h5-32H,1-4H2;1-6H;3H,1,4H2,2H3. The quantitative estimate of drug-likeness (QED) is 0.116. The Morgan fingerprint density at radius 3 is 0.661 bits per heavy atom. The minimum Gasteiger partial charge on any atom is -0.311 e. The summed E-state index contributed by atoms with van der Waals surface area (Å²) in [5.74, 6) is 0. The largest absolute Gasteiger partial charge is 0.311 e. The van der Waals surface area contributed by atoms with Gasteiger partial charge in [-0.25, -0.2) is 0 Å². The molecule has 276 valence electrons. The molecule has 0 amide bonds. The Morgan fingerprint density at radius 1 is 0.321 bits per heavy atom. The lowest BCUT2D eigenvalue weighted by molar-refractivity contribution is 1.23. The molecule has 0 saturated heterocycles. The van der Waals surface area contributed by atoms with Crippen molar-refractivity contribution < 1.29 is 0 Å². The first-order chi connectivity index (χ1) is 27.5. The molecule has 0 fully saturated rings. The molecule has 0 aliphatic rings. The van der Waals surface area contributed by atoms with Crippen LogP contribution >= 0.6 is 0 Å². The highest BCUT2D eigenvalue weighted by atomic mass is 15.1. The van der Waals surface area contributed by atoms with E-state index in [9.17, 15) is 0 Å². The number of rotatable bonds is 12. The number of benzene rings is 7. The fourth-order valence-corrected chi connectivity index (χ4v) is 5.92. The van der Waals surface area contributed by atoms with Crippen molar-refractivity contribution in [1.82, 2.24) is 0 Å². The summed E-state index contributed by atoms with van der Waals surface area (Å²) in [6.45, 7) is 21.2. The predicted octanol–water partition coefficient (Wildman–Crippen LogP) is 16.1. The number of allylic oxidation sites excluding steroid dienone is 1. The number of hydrogen-bond acceptors (Lipinski definition) is 2. The highest BCUT2D eigenvalue weighted by molar-refractivity contribution is 5.81. The van der Waals surface area contributed by atoms with Gasteiger partial charge in [0.2, 0.25) is 0 Å². The van der Waals surface area contributed by atoms with E-state index in [1.807, 2.05) is 66.8 Å². The second-order valence-electron chi connectivity index (χ2n) is 12.8. The molecule has 2 nitrogen and oxygen atoms in total. The highest BCUT2D eigenvalue weighted by Crippen LogP contribution is 2.38. The Bertz CT molecular complexity index is 1990. The highest BCUT2D eigenvalue weighted by Gasteiger charge is 2.15. The van der Waals surface area contributed by atoms with Crippen molar-refractivity contribution in [2.24, 2.45) is 0 Å². The topological polar surface area (TPSA) is 6.48 Å². The maximum Gasteiger partial charge on any atom is 0.0462 e. The number of nitrogens with zero attached hydrogens (tertiary/aromatic N) is 2. The van der Waals surface area contributed by atoms with Crippen LogP contribution in [-0.2, 0) is 0 Å². The van der Waals surface area contributed by atoms with Crippen LogP contribution < -0.4 is 9.80 Å². The van der Waals surface area contributed by atoms with Crippen molar-refractivity contribution in [3.63, 3.8) is 0 Å². The molecule has 0 spiro atoms. The van der Waals surface area contributed by atoms with Gasteiger partial charge in [0, 0.05) is 34.1 Å². The van der Waals surface area contributed by atoms with Crippen LogP contribution in [0, 0.1) is 0 Å². The van der Waals surface area contributed by atoms with Crippen LogP contribution in [-0.4, -0.2) is 0 Å². The van der Waals surface area contributed by atoms with E-state index in [1.165, 1.54) is 0 Å². The molecule has 0 bridgehead atoms. The fourth-order valence-electron chi connectivity index (χ4n) is 5.92. The molecule has 7 aromatic rings. The average molecular weight is 727 g/mol. The summed E-state index contributed by atoms with van der Waals surface area (Å²) >= 11 is 0. The Kier molecular flexibility index (Phi) is 15.0. The molecule has 56 heavy (non-hydrogen) atoms. The van der Waals surface area contributed by atoms with Crippen LogP contribution in [0.25, 0.3) is 35.4 Å². The maximum atomic E-state index is 3.91. The van der Waals surface area contributed by atoms with Crippen LogP contribution in [0.5, 0.6) is 0 Å². The van der Waals surface area contributed by atoms with Gasteiger partial charge in [0.05, 0.1) is 0 Å². The van der Waals surface area contributed by atoms with Gasteiger partial charge in [-0.05, 0) is 113 Å². The summed E-state index contributed by atoms with van der Waals surface area (Å²) in [6.07, 6.45) is 10.4. The Hall–Kier alpha value is -7.16. The minimum atomic E-state index is 1.08. The predicted molar refractivity (Wildman–Crippen MR) is 249 cm³/mol. The van der Waals surface area contributed by atoms with Crippen molar-refractivity contribution in [3.8, 4) is 11.1 Å². The van der Waals surface area contributed by atoms with Gasteiger partial charge in [-0.2, -0.15) is 0 Å². The van der Waals surface area contributed by atoms with E-state index < -0.39 is 0 Å². The van der Waals surface area contributed by atoms with Crippen LogP contribution in [0.1, 0.15) is 35.6 Å². The molecule has 0 heterocycles. The van der Waals surface area contributed by atoms with Gasteiger partial charge in [0.1, 0.15) is 0 Å². The zero-order valence-electron chi connectivity index (χ0n) is 32.3. The first-order valence-electron chi connectivity index (χ1n) is 18.8. The van der Waals surface area contributed by atoms with Gasteiger partial charge in [-0.1, -0.05) is 173 Å². The summed E-state index contributed by atoms with van der Waals surface area (Å²) < 4.78 is 0. The molecule has 0 aliphatic heterocycles. The van der Waals surface area contributed by atoms with Crippen LogP contribution in [0.2, 0.25) is 0 Å². The molecule has 7 rings (SSSR count). The molecule has 0 unspecified atom stereocenters. The fraction of sp³-hybridized carbons (Fsp3) is 0.0370. The second-order valence-corrected chi connectivity index (χ2v) is 12.8. The molecule has 0 atom stereocenters. The zero-order chi connectivity index (χ0) is 39.5. The van der Waals surface area contributed by atoms with E-state index in [1.54, 1.807) is 0 Å². The van der Waals surface area contributed by atoms with E-state index in [0.717, 1.165) is 73.9 Å². The summed E-state index contributed by atoms with van der Waals surface area (Å²) in [5.41, 5.74) is 13.1. The Balaban J connectivity index is 0.000000528. The normalized spacial score (nSPS) is 9.95.